The Morgan fingerprint density at radius 1 is 0.605 bits per heavy atom. The van der Waals surface area contributed by atoms with Gasteiger partial charge >= 0.3 is 24.2 Å². The second-order valence-corrected chi connectivity index (χ2v) is 8.99. The van der Waals surface area contributed by atoms with Crippen LogP contribution in [0.15, 0.2) is 72.8 Å². The van der Waals surface area contributed by atoms with Crippen LogP contribution in [-0.4, -0.2) is 36.5 Å². The van der Waals surface area contributed by atoms with Crippen LogP contribution in [0.2, 0.25) is 0 Å². The highest BCUT2D eigenvalue weighted by Crippen LogP contribution is 2.29. The second kappa shape index (κ2) is 17.3. The van der Waals surface area contributed by atoms with Gasteiger partial charge in [-0.25, -0.2) is 18.4 Å². The summed E-state index contributed by atoms with van der Waals surface area (Å²) in [4.78, 5) is 54.8. The minimum atomic E-state index is -0.977. The van der Waals surface area contributed by atoms with Gasteiger partial charge in [0.1, 0.15) is 11.6 Å². The number of carboxylic acids is 1. The Hall–Kier alpha value is -5.56. The van der Waals surface area contributed by atoms with E-state index in [0.29, 0.717) is 16.7 Å². The lowest BCUT2D eigenvalue weighted by molar-refractivity contribution is -0.193. The number of carboxylic acid groups (broad SMARTS) is 1. The van der Waals surface area contributed by atoms with Crippen molar-refractivity contribution in [3.8, 4) is 22.3 Å². The summed E-state index contributed by atoms with van der Waals surface area (Å²) >= 11 is 0. The highest BCUT2D eigenvalue weighted by molar-refractivity contribution is 5.90. The number of halogens is 2. The minimum absolute atomic E-state index is 0.212. The highest BCUT2D eigenvalue weighted by atomic mass is 19.1. The maximum atomic E-state index is 13.9. The molecule has 0 fully saturated rings. The third-order valence-corrected chi connectivity index (χ3v) is 5.94. The summed E-state index contributed by atoms with van der Waals surface area (Å²) in [5.41, 5.74) is 6.79. The molecule has 1 N–H and O–H groups in total. The molecule has 0 saturated heterocycles. The molecule has 0 spiro atoms. The van der Waals surface area contributed by atoms with Gasteiger partial charge in [-0.05, 0) is 98.5 Å². The molecule has 0 aliphatic carbocycles. The Labute approximate surface area is 246 Å². The Balaban J connectivity index is 0.000000364. The Morgan fingerprint density at radius 3 is 1.33 bits per heavy atom. The lowest BCUT2D eigenvalue weighted by Crippen LogP contribution is -2.02. The largest absolute Gasteiger partial charge is 0.478 e. The van der Waals surface area contributed by atoms with Gasteiger partial charge in [0.2, 0.25) is 0 Å². The van der Waals surface area contributed by atoms with Crippen molar-refractivity contribution in [2.45, 2.75) is 27.7 Å². The quantitative estimate of drug-likeness (QED) is 0.265. The van der Waals surface area contributed by atoms with Crippen molar-refractivity contribution >= 4 is 24.2 Å². The molecule has 4 aromatic rings. The molecule has 4 rings (SSSR count). The zero-order valence-electron chi connectivity index (χ0n) is 24.0. The molecule has 0 atom stereocenters. The number of aromatic carboxylic acids is 1. The third-order valence-electron chi connectivity index (χ3n) is 5.94. The number of benzene rings is 4. The van der Waals surface area contributed by atoms with E-state index in [4.69, 9.17) is 24.3 Å². The molecular formula is C33H28F2O8. The molecule has 0 aliphatic rings. The monoisotopic (exact) mass is 590 g/mol. The molecule has 0 radical (unpaired) electrons. The van der Waals surface area contributed by atoms with Gasteiger partial charge in [-0.2, -0.15) is 19.2 Å². The van der Waals surface area contributed by atoms with Crippen LogP contribution in [0.5, 0.6) is 0 Å². The molecule has 0 saturated carbocycles. The van der Waals surface area contributed by atoms with Crippen LogP contribution < -0.4 is 0 Å². The Kier molecular flexibility index (Phi) is 14.3. The zero-order valence-corrected chi connectivity index (χ0v) is 24.0. The summed E-state index contributed by atoms with van der Waals surface area (Å²) < 4.78 is 32.3. The fourth-order valence-electron chi connectivity index (χ4n) is 4.00. The molecule has 10 heteroatoms. The van der Waals surface area contributed by atoms with Gasteiger partial charge in [-0.3, -0.25) is 0 Å². The maximum absolute atomic E-state index is 13.9. The summed E-state index contributed by atoms with van der Waals surface area (Å²) in [7, 11) is 1.34. The molecule has 0 heterocycles. The molecule has 4 aromatic carbocycles. The smallest absolute Gasteiger partial charge is 0.373 e. The Bertz CT molecular complexity index is 1650. The zero-order chi connectivity index (χ0) is 32.7. The van der Waals surface area contributed by atoms with Gasteiger partial charge in [0.05, 0.1) is 18.2 Å². The number of carbonyl (C=O) groups is 2. The predicted molar refractivity (Wildman–Crippen MR) is 151 cm³/mol. The van der Waals surface area contributed by atoms with Crippen LogP contribution in [0.4, 0.5) is 8.78 Å². The van der Waals surface area contributed by atoms with Crippen molar-refractivity contribution in [1.29, 1.82) is 0 Å². The number of hydrogen-bond donors (Lipinski definition) is 1. The van der Waals surface area contributed by atoms with E-state index in [1.54, 1.807) is 61.5 Å². The lowest BCUT2D eigenvalue weighted by atomic mass is 9.97. The first kappa shape index (κ1) is 35.5. The van der Waals surface area contributed by atoms with E-state index in [1.807, 2.05) is 20.8 Å². The van der Waals surface area contributed by atoms with Gasteiger partial charge in [0.25, 0.3) is 0 Å². The van der Waals surface area contributed by atoms with Crippen LogP contribution in [-0.2, 0) is 23.9 Å². The van der Waals surface area contributed by atoms with E-state index in [1.165, 1.54) is 25.3 Å². The molecule has 43 heavy (non-hydrogen) atoms. The van der Waals surface area contributed by atoms with Gasteiger partial charge in [0, 0.05) is 11.1 Å². The molecule has 8 nitrogen and oxygen atoms in total. The van der Waals surface area contributed by atoms with E-state index < -0.39 is 5.97 Å². The number of aryl methyl sites for hydroxylation is 4. The number of ether oxygens (including phenoxy) is 1. The average molecular weight is 591 g/mol. The van der Waals surface area contributed by atoms with Gasteiger partial charge < -0.3 is 9.84 Å². The van der Waals surface area contributed by atoms with Crippen LogP contribution >= 0.6 is 0 Å². The van der Waals surface area contributed by atoms with E-state index >= 15 is 0 Å². The average Bonchev–Trinajstić information content (AvgIpc) is 2.96. The van der Waals surface area contributed by atoms with E-state index in [-0.39, 0.29) is 35.5 Å². The maximum Gasteiger partial charge on any atom is 0.373 e. The summed E-state index contributed by atoms with van der Waals surface area (Å²) in [6, 6.07) is 19.7. The van der Waals surface area contributed by atoms with E-state index in [9.17, 15) is 18.4 Å². The molecule has 0 amide bonds. The van der Waals surface area contributed by atoms with Crippen molar-refractivity contribution in [2.75, 3.05) is 7.11 Å². The number of hydrogen-bond acceptors (Lipinski definition) is 7. The minimum Gasteiger partial charge on any atom is -0.478 e. The van der Waals surface area contributed by atoms with Crippen molar-refractivity contribution < 1.29 is 47.4 Å². The second-order valence-electron chi connectivity index (χ2n) is 8.99. The molecule has 0 bridgehead atoms. The molecule has 222 valence electrons. The van der Waals surface area contributed by atoms with E-state index in [0.717, 1.165) is 33.4 Å². The Morgan fingerprint density at radius 2 is 0.977 bits per heavy atom. The van der Waals surface area contributed by atoms with Gasteiger partial charge in [-0.1, -0.05) is 35.4 Å². The summed E-state index contributed by atoms with van der Waals surface area (Å²) in [6.45, 7) is 7.44. The molecule has 0 unspecified atom stereocenters. The van der Waals surface area contributed by atoms with Gasteiger partial charge in [0.15, 0.2) is 0 Å². The number of rotatable bonds is 4. The standard InChI is InChI=1S/C16H15FO2.C15H13FO2.2CO2/c1-10-4-7-15(17)14(8-10)13-6-5-12(9-11(13)2)16(18)19-3;1-9-3-6-14(16)13(7-9)12-5-4-11(15(17)18)8-10(12)2;2*2-1-3/h4-9H,1-3H3;3-8H,1-2H3,(H,17,18);;. The molecule has 0 aromatic heterocycles. The summed E-state index contributed by atoms with van der Waals surface area (Å²) in [5.74, 6) is -1.93. The van der Waals surface area contributed by atoms with Crippen LogP contribution in [0.3, 0.4) is 0 Å². The first-order valence-electron chi connectivity index (χ1n) is 12.4. The normalized spacial score (nSPS) is 9.28. The fourth-order valence-corrected chi connectivity index (χ4v) is 4.00. The van der Waals surface area contributed by atoms with Crippen LogP contribution in [0.25, 0.3) is 22.3 Å². The van der Waals surface area contributed by atoms with Gasteiger partial charge in [-0.15, -0.1) is 0 Å². The number of methoxy groups -OCH3 is 1. The fraction of sp³-hybridized carbons (Fsp3) is 0.152. The summed E-state index contributed by atoms with van der Waals surface area (Å²) in [5, 5.41) is 8.90. The van der Waals surface area contributed by atoms with Crippen molar-refractivity contribution in [1.82, 2.24) is 0 Å². The lowest BCUT2D eigenvalue weighted by Gasteiger charge is -2.10. The predicted octanol–water partition coefficient (Wildman–Crippen LogP) is 6.54. The summed E-state index contributed by atoms with van der Waals surface area (Å²) in [6.07, 6.45) is 0.500. The third kappa shape index (κ3) is 10.4. The topological polar surface area (TPSA) is 132 Å². The number of carbonyl (C=O) groups excluding carboxylic acids is 5. The van der Waals surface area contributed by atoms with Crippen molar-refractivity contribution in [3.63, 3.8) is 0 Å². The first-order valence-corrected chi connectivity index (χ1v) is 12.4. The number of esters is 1. The van der Waals surface area contributed by atoms with E-state index in [2.05, 4.69) is 4.74 Å². The highest BCUT2D eigenvalue weighted by Gasteiger charge is 2.12. The first-order chi connectivity index (χ1) is 20.3. The molecule has 0 aliphatic heterocycles. The van der Waals surface area contributed by atoms with Crippen molar-refractivity contribution in [3.05, 3.63) is 118 Å². The van der Waals surface area contributed by atoms with Crippen LogP contribution in [0.1, 0.15) is 43.0 Å². The van der Waals surface area contributed by atoms with Crippen molar-refractivity contribution in [2.24, 2.45) is 0 Å². The molecular weight excluding hydrogens is 562 g/mol. The van der Waals surface area contributed by atoms with Crippen LogP contribution in [0, 0.1) is 39.3 Å². The SMILES string of the molecule is COC(=O)c1ccc(-c2cc(C)ccc2F)c(C)c1.Cc1ccc(F)c(-c2ccc(C(=O)O)cc2C)c1.O=C=O.O=C=O.